The first kappa shape index (κ1) is 17.8. The minimum Gasteiger partial charge on any atom is -0.353 e. The Morgan fingerprint density at radius 1 is 0.963 bits per heavy atom. The van der Waals surface area contributed by atoms with E-state index in [-0.39, 0.29) is 0 Å². The third-order valence-electron chi connectivity index (χ3n) is 4.96. The molecule has 2 heterocycles. The zero-order chi connectivity index (χ0) is 18.8. The van der Waals surface area contributed by atoms with Crippen molar-refractivity contribution < 1.29 is 8.78 Å². The van der Waals surface area contributed by atoms with Crippen LogP contribution in [0.1, 0.15) is 23.4 Å². The summed E-state index contributed by atoms with van der Waals surface area (Å²) in [5, 5.41) is 0.828. The van der Waals surface area contributed by atoms with Gasteiger partial charge in [-0.1, -0.05) is 42.0 Å². The summed E-state index contributed by atoms with van der Waals surface area (Å²) in [6, 6.07) is 15.9. The predicted octanol–water partition coefficient (Wildman–Crippen LogP) is 4.20. The number of benzene rings is 2. The Labute approximate surface area is 157 Å². The lowest BCUT2D eigenvalue weighted by atomic mass is 10.1. The van der Waals surface area contributed by atoms with Gasteiger partial charge >= 0.3 is 0 Å². The van der Waals surface area contributed by atoms with Crippen LogP contribution in [0.25, 0.3) is 10.9 Å². The molecule has 0 radical (unpaired) electrons. The Hall–Kier alpha value is -2.60. The van der Waals surface area contributed by atoms with Crippen molar-refractivity contribution >= 4 is 16.7 Å². The van der Waals surface area contributed by atoms with E-state index in [0.717, 1.165) is 38.1 Å². The number of hydrogen-bond donors (Lipinski definition) is 0. The number of para-hydroxylation sites is 1. The third-order valence-corrected chi connectivity index (χ3v) is 4.96. The highest BCUT2D eigenvalue weighted by Gasteiger charge is 2.22. The van der Waals surface area contributed by atoms with Crippen LogP contribution < -0.4 is 4.90 Å². The van der Waals surface area contributed by atoms with Gasteiger partial charge < -0.3 is 4.90 Å². The number of aromatic nitrogens is 2. The number of hydrogen-bond acceptors (Lipinski definition) is 4. The van der Waals surface area contributed by atoms with Crippen LogP contribution in [0, 0.1) is 6.92 Å². The fourth-order valence-corrected chi connectivity index (χ4v) is 3.60. The Morgan fingerprint density at radius 3 is 2.48 bits per heavy atom. The summed E-state index contributed by atoms with van der Waals surface area (Å²) in [5.74, 6) is 0.219. The van der Waals surface area contributed by atoms with Gasteiger partial charge in [0.25, 0.3) is 6.43 Å². The van der Waals surface area contributed by atoms with Crippen LogP contribution in [0.5, 0.6) is 0 Å². The highest BCUT2D eigenvalue weighted by atomic mass is 19.3. The summed E-state index contributed by atoms with van der Waals surface area (Å²) < 4.78 is 26.5. The van der Waals surface area contributed by atoms with Crippen molar-refractivity contribution in [3.63, 3.8) is 0 Å². The van der Waals surface area contributed by atoms with Crippen molar-refractivity contribution in [1.29, 1.82) is 0 Å². The Kier molecular flexibility index (Phi) is 4.99. The van der Waals surface area contributed by atoms with E-state index in [4.69, 9.17) is 0 Å². The molecule has 4 nitrogen and oxygen atoms in total. The van der Waals surface area contributed by atoms with Gasteiger partial charge in [-0.3, -0.25) is 4.90 Å². The predicted molar refractivity (Wildman–Crippen MR) is 103 cm³/mol. The van der Waals surface area contributed by atoms with Gasteiger partial charge in [0.05, 0.1) is 5.52 Å². The fourth-order valence-electron chi connectivity index (χ4n) is 3.60. The van der Waals surface area contributed by atoms with Crippen molar-refractivity contribution in [3.05, 3.63) is 65.5 Å². The average molecular weight is 368 g/mol. The summed E-state index contributed by atoms with van der Waals surface area (Å²) in [4.78, 5) is 12.7. The highest BCUT2D eigenvalue weighted by molar-refractivity contribution is 5.89. The van der Waals surface area contributed by atoms with Gasteiger partial charge in [0, 0.05) is 38.1 Å². The molecule has 6 heteroatoms. The number of alkyl halides is 2. The van der Waals surface area contributed by atoms with Gasteiger partial charge in [-0.05, 0) is 24.6 Å². The van der Waals surface area contributed by atoms with Gasteiger partial charge in [0.15, 0.2) is 5.82 Å². The maximum absolute atomic E-state index is 13.2. The summed E-state index contributed by atoms with van der Waals surface area (Å²) >= 11 is 0. The van der Waals surface area contributed by atoms with E-state index >= 15 is 0 Å². The molecule has 1 fully saturated rings. The second-order valence-electron chi connectivity index (χ2n) is 6.98. The average Bonchev–Trinajstić information content (AvgIpc) is 2.68. The molecule has 0 N–H and O–H groups in total. The van der Waals surface area contributed by atoms with Crippen molar-refractivity contribution in [3.8, 4) is 0 Å². The molecule has 0 aliphatic carbocycles. The molecule has 1 saturated heterocycles. The molecule has 27 heavy (non-hydrogen) atoms. The maximum atomic E-state index is 13.2. The molecule has 4 rings (SSSR count). The molecule has 140 valence electrons. The SMILES string of the molecule is Cc1cccc(CN2CCN(c3nc(C(F)F)nc4ccccc34)CC2)c1. The monoisotopic (exact) mass is 368 g/mol. The molecule has 1 aromatic heterocycles. The lowest BCUT2D eigenvalue weighted by molar-refractivity contribution is 0.141. The van der Waals surface area contributed by atoms with E-state index in [1.807, 2.05) is 18.2 Å². The molecule has 0 unspecified atom stereocenters. The zero-order valence-electron chi connectivity index (χ0n) is 15.3. The number of anilines is 1. The Balaban J connectivity index is 1.52. The Morgan fingerprint density at radius 2 is 1.74 bits per heavy atom. The molecule has 0 amide bonds. The number of halogens is 2. The molecular formula is C21H22F2N4. The minimum atomic E-state index is -2.67. The second-order valence-corrected chi connectivity index (χ2v) is 6.98. The van der Waals surface area contributed by atoms with Crippen molar-refractivity contribution in [2.75, 3.05) is 31.1 Å². The van der Waals surface area contributed by atoms with Crippen LogP contribution >= 0.6 is 0 Å². The first-order chi connectivity index (χ1) is 13.1. The van der Waals surface area contributed by atoms with Gasteiger partial charge in [-0.25, -0.2) is 18.7 Å². The quantitative estimate of drug-likeness (QED) is 0.691. The lowest BCUT2D eigenvalue weighted by Gasteiger charge is -2.36. The van der Waals surface area contributed by atoms with Crippen LogP contribution in [0.3, 0.4) is 0 Å². The molecule has 0 bridgehead atoms. The molecule has 2 aromatic carbocycles. The molecule has 0 spiro atoms. The molecule has 0 atom stereocenters. The Bertz CT molecular complexity index is 936. The topological polar surface area (TPSA) is 32.3 Å². The molecule has 1 aliphatic heterocycles. The summed E-state index contributed by atoms with van der Waals surface area (Å²) in [5.41, 5.74) is 3.13. The molecule has 3 aromatic rings. The standard InChI is InChI=1S/C21H22F2N4/c1-15-5-4-6-16(13-15)14-26-9-11-27(12-10-26)21-17-7-2-3-8-18(17)24-20(25-21)19(22)23/h2-8,13,19H,9-12,14H2,1H3. The fraction of sp³-hybridized carbons (Fsp3) is 0.333. The largest absolute Gasteiger partial charge is 0.353 e. The van der Waals surface area contributed by atoms with E-state index in [9.17, 15) is 8.78 Å². The van der Waals surface area contributed by atoms with Crippen LogP contribution in [0.2, 0.25) is 0 Å². The zero-order valence-corrected chi connectivity index (χ0v) is 15.3. The van der Waals surface area contributed by atoms with Gasteiger partial charge in [-0.15, -0.1) is 0 Å². The lowest BCUT2D eigenvalue weighted by Crippen LogP contribution is -2.46. The van der Waals surface area contributed by atoms with Crippen LogP contribution in [-0.2, 0) is 6.54 Å². The van der Waals surface area contributed by atoms with Crippen molar-refractivity contribution in [2.45, 2.75) is 19.9 Å². The molecule has 0 saturated carbocycles. The number of fused-ring (bicyclic) bond motifs is 1. The minimum absolute atomic E-state index is 0.397. The maximum Gasteiger partial charge on any atom is 0.297 e. The van der Waals surface area contributed by atoms with E-state index in [1.54, 1.807) is 6.07 Å². The number of aryl methyl sites for hydroxylation is 1. The van der Waals surface area contributed by atoms with Gasteiger partial charge in [0.1, 0.15) is 5.82 Å². The normalized spacial score (nSPS) is 15.6. The number of piperazine rings is 1. The van der Waals surface area contributed by atoms with E-state index < -0.39 is 12.2 Å². The van der Waals surface area contributed by atoms with E-state index in [1.165, 1.54) is 11.1 Å². The first-order valence-electron chi connectivity index (χ1n) is 9.18. The van der Waals surface area contributed by atoms with Crippen LogP contribution in [0.15, 0.2) is 48.5 Å². The van der Waals surface area contributed by atoms with Gasteiger partial charge in [0.2, 0.25) is 0 Å². The summed E-state index contributed by atoms with van der Waals surface area (Å²) in [7, 11) is 0. The van der Waals surface area contributed by atoms with Gasteiger partial charge in [-0.2, -0.15) is 0 Å². The number of rotatable bonds is 4. The van der Waals surface area contributed by atoms with Crippen molar-refractivity contribution in [2.24, 2.45) is 0 Å². The van der Waals surface area contributed by atoms with Crippen molar-refractivity contribution in [1.82, 2.24) is 14.9 Å². The summed E-state index contributed by atoms with van der Waals surface area (Å²) in [6.07, 6.45) is -2.67. The second kappa shape index (κ2) is 7.56. The third kappa shape index (κ3) is 3.90. The first-order valence-corrected chi connectivity index (χ1v) is 9.18. The van der Waals surface area contributed by atoms with Crippen LogP contribution in [0.4, 0.5) is 14.6 Å². The van der Waals surface area contributed by atoms with Crippen LogP contribution in [-0.4, -0.2) is 41.0 Å². The summed E-state index contributed by atoms with van der Waals surface area (Å²) in [6.45, 7) is 6.27. The molecular weight excluding hydrogens is 346 g/mol. The smallest absolute Gasteiger partial charge is 0.297 e. The highest BCUT2D eigenvalue weighted by Crippen LogP contribution is 2.28. The van der Waals surface area contributed by atoms with E-state index in [0.29, 0.717) is 11.3 Å². The van der Waals surface area contributed by atoms with E-state index in [2.05, 4.69) is 51.0 Å². The molecule has 1 aliphatic rings. The number of nitrogens with zero attached hydrogens (tertiary/aromatic N) is 4.